The minimum absolute atomic E-state index is 0.266. The first-order valence-corrected chi connectivity index (χ1v) is 7.86. The van der Waals surface area contributed by atoms with Crippen molar-refractivity contribution in [3.63, 3.8) is 0 Å². The van der Waals surface area contributed by atoms with Gasteiger partial charge in [0, 0.05) is 11.8 Å². The second-order valence-corrected chi connectivity index (χ2v) is 6.02. The first-order valence-electron chi connectivity index (χ1n) is 7.05. The van der Waals surface area contributed by atoms with Crippen LogP contribution in [-0.4, -0.2) is 21.0 Å². The molecule has 2 aromatic carbocycles. The fourth-order valence-electron chi connectivity index (χ4n) is 2.50. The van der Waals surface area contributed by atoms with E-state index in [2.05, 4.69) is 10.1 Å². The molecule has 0 fully saturated rings. The van der Waals surface area contributed by atoms with Gasteiger partial charge in [-0.15, -0.1) is 0 Å². The second-order valence-electron chi connectivity index (χ2n) is 5.02. The zero-order chi connectivity index (χ0) is 15.8. The van der Waals surface area contributed by atoms with Gasteiger partial charge >= 0.3 is 0 Å². The molecule has 6 heteroatoms. The molecule has 0 atom stereocenters. The smallest absolute Gasteiger partial charge is 0.282 e. The van der Waals surface area contributed by atoms with Gasteiger partial charge in [-0.2, -0.15) is 4.68 Å². The number of benzene rings is 2. The normalized spacial score (nSPS) is 11.0. The molecule has 0 aliphatic carbocycles. The van der Waals surface area contributed by atoms with E-state index in [-0.39, 0.29) is 5.56 Å². The van der Waals surface area contributed by atoms with Crippen molar-refractivity contribution in [2.24, 2.45) is 0 Å². The van der Waals surface area contributed by atoms with Gasteiger partial charge in [-0.25, -0.2) is 4.98 Å². The van der Waals surface area contributed by atoms with Gasteiger partial charge in [0.25, 0.3) is 5.56 Å². The summed E-state index contributed by atoms with van der Waals surface area (Å²) in [4.78, 5) is 17.1. The van der Waals surface area contributed by atoms with Crippen LogP contribution < -0.4 is 5.56 Å². The number of hydrogen-bond acceptors (Lipinski definition) is 4. The van der Waals surface area contributed by atoms with Gasteiger partial charge in [0.05, 0.1) is 21.5 Å². The maximum atomic E-state index is 12.6. The van der Waals surface area contributed by atoms with E-state index in [0.29, 0.717) is 16.4 Å². The van der Waals surface area contributed by atoms with E-state index >= 15 is 0 Å². The van der Waals surface area contributed by atoms with Gasteiger partial charge in [-0.3, -0.25) is 9.89 Å². The van der Waals surface area contributed by atoms with Crippen LogP contribution in [0.5, 0.6) is 0 Å². The molecule has 112 valence electrons. The summed E-state index contributed by atoms with van der Waals surface area (Å²) in [5.41, 5.74) is 2.41. The number of hydrogen-bond donors (Lipinski definition) is 2. The number of aromatic nitrogens is 3. The lowest BCUT2D eigenvalue weighted by Crippen LogP contribution is -2.16. The van der Waals surface area contributed by atoms with Gasteiger partial charge in [-0.05, 0) is 12.1 Å². The molecule has 2 aromatic heterocycles. The Kier molecular flexibility index (Phi) is 3.17. The molecule has 0 aliphatic heterocycles. The van der Waals surface area contributed by atoms with Crippen molar-refractivity contribution in [1.82, 2.24) is 14.8 Å². The lowest BCUT2D eigenvalue weighted by Gasteiger charge is -1.98. The van der Waals surface area contributed by atoms with Crippen LogP contribution in [0, 0.1) is 5.41 Å². The van der Waals surface area contributed by atoms with Gasteiger partial charge in [-0.1, -0.05) is 53.8 Å². The SMILES string of the molecule is N=Cc1c(-c2ccccc2)[nH]n(-c2nc3ccccc3s2)c1=O. The van der Waals surface area contributed by atoms with E-state index in [0.717, 1.165) is 22.0 Å². The van der Waals surface area contributed by atoms with Crippen LogP contribution in [0.15, 0.2) is 59.4 Å². The molecule has 0 spiro atoms. The summed E-state index contributed by atoms with van der Waals surface area (Å²) in [5, 5.41) is 11.2. The second kappa shape index (κ2) is 5.33. The number of aromatic amines is 1. The van der Waals surface area contributed by atoms with E-state index in [4.69, 9.17) is 5.41 Å². The van der Waals surface area contributed by atoms with Gasteiger partial charge < -0.3 is 5.41 Å². The van der Waals surface area contributed by atoms with Crippen molar-refractivity contribution in [2.45, 2.75) is 0 Å². The number of fused-ring (bicyclic) bond motifs is 1. The quantitative estimate of drug-likeness (QED) is 0.567. The van der Waals surface area contributed by atoms with Crippen LogP contribution in [0.2, 0.25) is 0 Å². The maximum Gasteiger partial charge on any atom is 0.282 e. The first-order chi connectivity index (χ1) is 11.3. The summed E-state index contributed by atoms with van der Waals surface area (Å²) >= 11 is 1.44. The van der Waals surface area contributed by atoms with E-state index < -0.39 is 0 Å². The molecule has 0 aliphatic rings. The number of nitrogens with one attached hydrogen (secondary N) is 2. The average Bonchev–Trinajstić information content (AvgIpc) is 3.16. The van der Waals surface area contributed by atoms with Crippen molar-refractivity contribution >= 4 is 27.8 Å². The molecule has 0 unspecified atom stereocenters. The molecule has 2 heterocycles. The van der Waals surface area contributed by atoms with Crippen molar-refractivity contribution in [3.05, 3.63) is 70.5 Å². The number of thiazole rings is 1. The Labute approximate surface area is 135 Å². The molecule has 2 N–H and O–H groups in total. The van der Waals surface area contributed by atoms with Crippen LogP contribution in [0.4, 0.5) is 0 Å². The molecular formula is C17H12N4OS. The maximum absolute atomic E-state index is 12.6. The van der Waals surface area contributed by atoms with E-state index in [1.807, 2.05) is 54.6 Å². The highest BCUT2D eigenvalue weighted by Gasteiger charge is 2.17. The highest BCUT2D eigenvalue weighted by Crippen LogP contribution is 2.25. The van der Waals surface area contributed by atoms with Crippen LogP contribution in [0.3, 0.4) is 0 Å². The van der Waals surface area contributed by atoms with Crippen LogP contribution in [-0.2, 0) is 0 Å². The molecule has 23 heavy (non-hydrogen) atoms. The molecule has 0 bridgehead atoms. The average molecular weight is 320 g/mol. The Morgan fingerprint density at radius 2 is 1.83 bits per heavy atom. The topological polar surface area (TPSA) is 74.5 Å². The third-order valence-corrected chi connectivity index (χ3v) is 4.63. The third-order valence-electron chi connectivity index (χ3n) is 3.61. The van der Waals surface area contributed by atoms with Crippen molar-refractivity contribution < 1.29 is 0 Å². The van der Waals surface area contributed by atoms with Crippen molar-refractivity contribution in [2.75, 3.05) is 0 Å². The number of nitrogens with zero attached hydrogens (tertiary/aromatic N) is 2. The third kappa shape index (κ3) is 2.20. The molecule has 4 rings (SSSR count). The van der Waals surface area contributed by atoms with Gasteiger partial charge in [0.1, 0.15) is 0 Å². The number of para-hydroxylation sites is 1. The molecule has 4 aromatic rings. The molecule has 0 saturated heterocycles. The van der Waals surface area contributed by atoms with Gasteiger partial charge in [0.2, 0.25) is 5.13 Å². The van der Waals surface area contributed by atoms with Crippen LogP contribution in [0.25, 0.3) is 26.6 Å². The minimum atomic E-state index is -0.266. The van der Waals surface area contributed by atoms with E-state index in [1.54, 1.807) is 0 Å². The van der Waals surface area contributed by atoms with E-state index in [9.17, 15) is 4.79 Å². The standard InChI is InChI=1S/C17H12N4OS/c18-10-12-15(11-6-2-1-3-7-11)20-21(16(12)22)17-19-13-8-4-5-9-14(13)23-17/h1-10,18,20H. The predicted octanol–water partition coefficient (Wildman–Crippen LogP) is 3.44. The summed E-state index contributed by atoms with van der Waals surface area (Å²) in [7, 11) is 0. The summed E-state index contributed by atoms with van der Waals surface area (Å²) in [6, 6.07) is 17.3. The van der Waals surface area contributed by atoms with Crippen LogP contribution >= 0.6 is 11.3 Å². The monoisotopic (exact) mass is 320 g/mol. The Balaban J connectivity index is 1.95. The summed E-state index contributed by atoms with van der Waals surface area (Å²) in [5.74, 6) is 0. The Morgan fingerprint density at radius 3 is 2.57 bits per heavy atom. The zero-order valence-corrected chi connectivity index (χ0v) is 12.8. The fourth-order valence-corrected chi connectivity index (χ4v) is 3.42. The lowest BCUT2D eigenvalue weighted by atomic mass is 10.1. The lowest BCUT2D eigenvalue weighted by molar-refractivity contribution is 0.845. The first kappa shape index (κ1) is 13.7. The molecular weight excluding hydrogens is 308 g/mol. The molecule has 0 amide bonds. The number of rotatable bonds is 3. The van der Waals surface area contributed by atoms with E-state index in [1.165, 1.54) is 16.0 Å². The van der Waals surface area contributed by atoms with Gasteiger partial charge in [0.15, 0.2) is 0 Å². The molecule has 0 saturated carbocycles. The molecule has 0 radical (unpaired) electrons. The Hall–Kier alpha value is -2.99. The predicted molar refractivity (Wildman–Crippen MR) is 92.9 cm³/mol. The highest BCUT2D eigenvalue weighted by atomic mass is 32.1. The Morgan fingerprint density at radius 1 is 1.09 bits per heavy atom. The highest BCUT2D eigenvalue weighted by molar-refractivity contribution is 7.20. The zero-order valence-electron chi connectivity index (χ0n) is 12.0. The Bertz CT molecular complexity index is 1030. The molecule has 5 nitrogen and oxygen atoms in total. The van der Waals surface area contributed by atoms with Crippen molar-refractivity contribution in [1.29, 1.82) is 5.41 Å². The minimum Gasteiger partial charge on any atom is -0.308 e. The summed E-state index contributed by atoms with van der Waals surface area (Å²) < 4.78 is 2.43. The van der Waals surface area contributed by atoms with Crippen LogP contribution in [0.1, 0.15) is 5.56 Å². The summed E-state index contributed by atoms with van der Waals surface area (Å²) in [6.45, 7) is 0. The summed E-state index contributed by atoms with van der Waals surface area (Å²) in [6.07, 6.45) is 1.09. The largest absolute Gasteiger partial charge is 0.308 e. The van der Waals surface area contributed by atoms with Crippen molar-refractivity contribution in [3.8, 4) is 16.4 Å². The number of H-pyrrole nitrogens is 1. The fraction of sp³-hybridized carbons (Fsp3) is 0.